The molecule has 2 aliphatic rings. The maximum atomic E-state index is 12.5. The Hall–Kier alpha value is -1.10. The Balaban J connectivity index is 2.05. The van der Waals surface area contributed by atoms with Gasteiger partial charge < -0.3 is 14.7 Å². The molecule has 1 aliphatic heterocycles. The molecule has 4 atom stereocenters. The zero-order valence-corrected chi connectivity index (χ0v) is 11.7. The number of carboxylic acid groups (broad SMARTS) is 1. The van der Waals surface area contributed by atoms with Gasteiger partial charge in [0.25, 0.3) is 0 Å². The van der Waals surface area contributed by atoms with Gasteiger partial charge in [-0.15, -0.1) is 0 Å². The first kappa shape index (κ1) is 14.3. The van der Waals surface area contributed by atoms with Gasteiger partial charge in [-0.25, -0.2) is 0 Å². The molecule has 4 unspecified atom stereocenters. The Morgan fingerprint density at radius 1 is 1.32 bits per heavy atom. The molecule has 2 fully saturated rings. The molecule has 19 heavy (non-hydrogen) atoms. The van der Waals surface area contributed by atoms with E-state index in [4.69, 9.17) is 4.74 Å². The summed E-state index contributed by atoms with van der Waals surface area (Å²) in [6, 6.07) is 0. The van der Waals surface area contributed by atoms with E-state index in [1.807, 2.05) is 6.92 Å². The Kier molecular flexibility index (Phi) is 4.45. The first-order valence-corrected chi connectivity index (χ1v) is 7.16. The molecular formula is C14H23NO4. The number of morpholine rings is 1. The van der Waals surface area contributed by atoms with Crippen molar-refractivity contribution < 1.29 is 19.4 Å². The molecule has 1 saturated carbocycles. The van der Waals surface area contributed by atoms with Crippen LogP contribution in [0.2, 0.25) is 0 Å². The van der Waals surface area contributed by atoms with Gasteiger partial charge in [-0.3, -0.25) is 9.59 Å². The van der Waals surface area contributed by atoms with Crippen LogP contribution in [0, 0.1) is 17.8 Å². The number of hydrogen-bond acceptors (Lipinski definition) is 3. The fourth-order valence-electron chi connectivity index (χ4n) is 3.28. The van der Waals surface area contributed by atoms with Crippen molar-refractivity contribution in [3.63, 3.8) is 0 Å². The van der Waals surface area contributed by atoms with E-state index in [-0.39, 0.29) is 17.9 Å². The van der Waals surface area contributed by atoms with Crippen LogP contribution in [0.25, 0.3) is 0 Å². The van der Waals surface area contributed by atoms with Crippen LogP contribution in [0.4, 0.5) is 0 Å². The summed E-state index contributed by atoms with van der Waals surface area (Å²) in [5, 5.41) is 9.30. The minimum atomic E-state index is -0.824. The fourth-order valence-corrected chi connectivity index (χ4v) is 3.28. The third-order valence-electron chi connectivity index (χ3n) is 4.42. The lowest BCUT2D eigenvalue weighted by Crippen LogP contribution is -2.48. The van der Waals surface area contributed by atoms with Crippen molar-refractivity contribution in [2.75, 3.05) is 19.7 Å². The van der Waals surface area contributed by atoms with Crippen LogP contribution >= 0.6 is 0 Å². The first-order valence-electron chi connectivity index (χ1n) is 7.16. The van der Waals surface area contributed by atoms with E-state index in [1.54, 1.807) is 4.90 Å². The zero-order chi connectivity index (χ0) is 14.0. The molecular weight excluding hydrogens is 246 g/mol. The van der Waals surface area contributed by atoms with Crippen LogP contribution in [0.3, 0.4) is 0 Å². The third-order valence-corrected chi connectivity index (χ3v) is 4.42. The lowest BCUT2D eigenvalue weighted by molar-refractivity contribution is -0.152. The monoisotopic (exact) mass is 269 g/mol. The summed E-state index contributed by atoms with van der Waals surface area (Å²) in [7, 11) is 0. The number of carbonyl (C=O) groups excluding carboxylic acids is 1. The smallest absolute Gasteiger partial charge is 0.307 e. The van der Waals surface area contributed by atoms with Gasteiger partial charge in [0, 0.05) is 13.1 Å². The second kappa shape index (κ2) is 5.90. The summed E-state index contributed by atoms with van der Waals surface area (Å²) >= 11 is 0. The minimum Gasteiger partial charge on any atom is -0.481 e. The van der Waals surface area contributed by atoms with E-state index < -0.39 is 11.9 Å². The van der Waals surface area contributed by atoms with Crippen LogP contribution in [0.15, 0.2) is 0 Å². The number of carboxylic acids is 1. The lowest BCUT2D eigenvalue weighted by Gasteiger charge is -2.33. The summed E-state index contributed by atoms with van der Waals surface area (Å²) in [5.41, 5.74) is 0. The highest BCUT2D eigenvalue weighted by molar-refractivity contribution is 5.85. The van der Waals surface area contributed by atoms with Crippen molar-refractivity contribution in [1.82, 2.24) is 4.90 Å². The van der Waals surface area contributed by atoms with Gasteiger partial charge in [0.1, 0.15) is 0 Å². The number of carbonyl (C=O) groups is 2. The number of nitrogens with zero attached hydrogens (tertiary/aromatic N) is 1. The Morgan fingerprint density at radius 3 is 2.58 bits per heavy atom. The SMILES string of the molecule is CCC1CC(C(=O)O)C(C(=O)N2CCOC(C)C2)C1. The van der Waals surface area contributed by atoms with Crippen LogP contribution < -0.4 is 0 Å². The molecule has 0 spiro atoms. The molecule has 1 aliphatic carbocycles. The summed E-state index contributed by atoms with van der Waals surface area (Å²) in [4.78, 5) is 25.6. The average molecular weight is 269 g/mol. The Labute approximate surface area is 113 Å². The summed E-state index contributed by atoms with van der Waals surface area (Å²) in [6.45, 7) is 5.72. The molecule has 5 heteroatoms. The predicted molar refractivity (Wildman–Crippen MR) is 69.6 cm³/mol. The van der Waals surface area contributed by atoms with Gasteiger partial charge in [0.15, 0.2) is 0 Å². The highest BCUT2D eigenvalue weighted by Gasteiger charge is 2.44. The topological polar surface area (TPSA) is 66.8 Å². The number of ether oxygens (including phenoxy) is 1. The van der Waals surface area contributed by atoms with E-state index in [2.05, 4.69) is 6.92 Å². The van der Waals surface area contributed by atoms with Crippen LogP contribution in [0.1, 0.15) is 33.1 Å². The van der Waals surface area contributed by atoms with Gasteiger partial charge in [-0.2, -0.15) is 0 Å². The highest BCUT2D eigenvalue weighted by atomic mass is 16.5. The maximum absolute atomic E-state index is 12.5. The highest BCUT2D eigenvalue weighted by Crippen LogP contribution is 2.39. The van der Waals surface area contributed by atoms with Crippen molar-refractivity contribution in [2.45, 2.75) is 39.2 Å². The van der Waals surface area contributed by atoms with E-state index in [0.29, 0.717) is 32.0 Å². The molecule has 2 rings (SSSR count). The molecule has 0 bridgehead atoms. The molecule has 5 nitrogen and oxygen atoms in total. The number of amides is 1. The second-order valence-corrected chi connectivity index (χ2v) is 5.76. The standard InChI is InChI=1S/C14H23NO4/c1-3-10-6-11(12(7-10)14(17)18)13(16)15-4-5-19-9(2)8-15/h9-12H,3-8H2,1-2H3,(H,17,18). The molecule has 1 saturated heterocycles. The van der Waals surface area contributed by atoms with Crippen LogP contribution in [0.5, 0.6) is 0 Å². The van der Waals surface area contributed by atoms with Crippen molar-refractivity contribution in [3.8, 4) is 0 Å². The summed E-state index contributed by atoms with van der Waals surface area (Å²) in [5.74, 6) is -1.29. The molecule has 108 valence electrons. The van der Waals surface area contributed by atoms with Gasteiger partial charge in [-0.1, -0.05) is 13.3 Å². The molecule has 1 amide bonds. The Morgan fingerprint density at radius 2 is 2.00 bits per heavy atom. The summed E-state index contributed by atoms with van der Waals surface area (Å²) in [6.07, 6.45) is 2.36. The van der Waals surface area contributed by atoms with E-state index in [1.165, 1.54) is 0 Å². The first-order chi connectivity index (χ1) is 9.02. The number of rotatable bonds is 3. The van der Waals surface area contributed by atoms with E-state index in [0.717, 1.165) is 12.8 Å². The van der Waals surface area contributed by atoms with Crippen LogP contribution in [-0.2, 0) is 14.3 Å². The Bertz CT molecular complexity index is 357. The van der Waals surface area contributed by atoms with Gasteiger partial charge in [0.2, 0.25) is 5.91 Å². The quantitative estimate of drug-likeness (QED) is 0.840. The molecule has 1 N–H and O–H groups in total. The third kappa shape index (κ3) is 3.08. The molecule has 0 radical (unpaired) electrons. The summed E-state index contributed by atoms with van der Waals surface area (Å²) < 4.78 is 5.43. The predicted octanol–water partition coefficient (Wildman–Crippen LogP) is 1.37. The molecule has 0 aromatic heterocycles. The number of aliphatic carboxylic acids is 1. The van der Waals surface area contributed by atoms with Crippen molar-refractivity contribution in [1.29, 1.82) is 0 Å². The van der Waals surface area contributed by atoms with Crippen molar-refractivity contribution in [3.05, 3.63) is 0 Å². The largest absolute Gasteiger partial charge is 0.481 e. The van der Waals surface area contributed by atoms with E-state index >= 15 is 0 Å². The molecule has 1 heterocycles. The molecule has 0 aromatic carbocycles. The normalized spacial score (nSPS) is 35.4. The van der Waals surface area contributed by atoms with Gasteiger partial charge >= 0.3 is 5.97 Å². The lowest BCUT2D eigenvalue weighted by atomic mass is 9.94. The number of hydrogen-bond donors (Lipinski definition) is 1. The van der Waals surface area contributed by atoms with Gasteiger partial charge in [0.05, 0.1) is 24.5 Å². The van der Waals surface area contributed by atoms with Crippen LogP contribution in [-0.4, -0.2) is 47.7 Å². The maximum Gasteiger partial charge on any atom is 0.307 e. The van der Waals surface area contributed by atoms with Gasteiger partial charge in [-0.05, 0) is 25.7 Å². The zero-order valence-electron chi connectivity index (χ0n) is 11.7. The van der Waals surface area contributed by atoms with Crippen molar-refractivity contribution in [2.24, 2.45) is 17.8 Å². The molecule has 0 aromatic rings. The minimum absolute atomic E-state index is 0.0125. The van der Waals surface area contributed by atoms with E-state index in [9.17, 15) is 14.7 Å². The second-order valence-electron chi connectivity index (χ2n) is 5.76. The van der Waals surface area contributed by atoms with Crippen molar-refractivity contribution >= 4 is 11.9 Å². The average Bonchev–Trinajstić information content (AvgIpc) is 2.82. The fraction of sp³-hybridized carbons (Fsp3) is 0.857.